The van der Waals surface area contributed by atoms with Gasteiger partial charge in [-0.3, -0.25) is 28.8 Å². The zero-order chi connectivity index (χ0) is 37.3. The van der Waals surface area contributed by atoms with Crippen LogP contribution in [0.25, 0.3) is 0 Å². The number of hydrogen-bond donors (Lipinski definition) is 8. The van der Waals surface area contributed by atoms with Crippen molar-refractivity contribution < 1.29 is 53.5 Å². The molecule has 0 aliphatic heterocycles. The van der Waals surface area contributed by atoms with E-state index < -0.39 is 55.0 Å². The number of carbonyl (C=O) groups is 4. The number of nitrogens with zero attached hydrogens (tertiary/aromatic N) is 2. The summed E-state index contributed by atoms with van der Waals surface area (Å²) in [4.78, 5) is 74.0. The fraction of sp³-hybridized carbons (Fsp3) is 0.531. The van der Waals surface area contributed by atoms with Gasteiger partial charge in [0.2, 0.25) is 11.8 Å². The van der Waals surface area contributed by atoms with E-state index in [9.17, 15) is 43.7 Å². The number of amides is 3. The average molecular weight is 722 g/mol. The van der Waals surface area contributed by atoms with Crippen LogP contribution in [0.15, 0.2) is 59.2 Å². The summed E-state index contributed by atoms with van der Waals surface area (Å²) >= 11 is 0. The van der Waals surface area contributed by atoms with Crippen LogP contribution in [0.5, 0.6) is 0 Å². The van der Waals surface area contributed by atoms with Crippen LogP contribution < -0.4 is 16.0 Å². The van der Waals surface area contributed by atoms with Gasteiger partial charge in [-0.1, -0.05) is 56.3 Å². The molecular weight excluding hydrogens is 672 g/mol. The molecule has 16 nitrogen and oxygen atoms in total. The zero-order valence-electron chi connectivity index (χ0n) is 28.5. The molecule has 18 heteroatoms. The molecule has 0 aromatic heterocycles. The van der Waals surface area contributed by atoms with Crippen molar-refractivity contribution in [3.63, 3.8) is 0 Å². The molecule has 8 N–H and O–H groups in total. The Balaban J connectivity index is 1.95. The molecule has 1 aromatic carbocycles. The molecule has 0 spiro atoms. The molecule has 1 aromatic rings. The van der Waals surface area contributed by atoms with Crippen molar-refractivity contribution in [2.75, 3.05) is 39.4 Å². The number of aliphatic imine (C=N–C) groups is 1. The maximum atomic E-state index is 13.6. The Hall–Kier alpha value is -3.70. The van der Waals surface area contributed by atoms with Gasteiger partial charge in [0.15, 0.2) is 0 Å². The van der Waals surface area contributed by atoms with E-state index >= 15 is 0 Å². The predicted octanol–water partition coefficient (Wildman–Crippen LogP) is -0.373. The minimum atomic E-state index is -5.56. The van der Waals surface area contributed by atoms with E-state index in [1.165, 1.54) is 11.8 Å². The number of aliphatic hydroxyl groups excluding tert-OH is 1. The number of benzene rings is 1. The van der Waals surface area contributed by atoms with Gasteiger partial charge >= 0.3 is 13.6 Å². The summed E-state index contributed by atoms with van der Waals surface area (Å²) in [5, 5.41) is 32.9. The molecule has 0 bridgehead atoms. The summed E-state index contributed by atoms with van der Waals surface area (Å²) in [7, 11) is -5.42. The highest BCUT2D eigenvalue weighted by Crippen LogP contribution is 2.50. The Morgan fingerprint density at radius 2 is 1.80 bits per heavy atom. The van der Waals surface area contributed by atoms with Crippen LogP contribution in [0.3, 0.4) is 0 Å². The van der Waals surface area contributed by atoms with Gasteiger partial charge < -0.3 is 45.7 Å². The van der Waals surface area contributed by atoms with Gasteiger partial charge in [0, 0.05) is 57.6 Å². The highest BCUT2D eigenvalue weighted by Gasteiger charge is 2.54. The summed E-state index contributed by atoms with van der Waals surface area (Å²) < 4.78 is 17.3. The molecule has 276 valence electrons. The number of carbonyl (C=O) groups excluding carboxylic acids is 3. The van der Waals surface area contributed by atoms with Crippen LogP contribution in [0, 0.1) is 5.92 Å². The number of aliphatic hydroxyl groups is 2. The molecule has 0 saturated heterocycles. The van der Waals surface area contributed by atoms with Crippen LogP contribution in [0.1, 0.15) is 45.1 Å². The number of allylic oxidation sites excluding steroid dienone is 1. The lowest BCUT2D eigenvalue weighted by Gasteiger charge is -2.26. The third-order valence-corrected chi connectivity index (χ3v) is 8.91. The van der Waals surface area contributed by atoms with Gasteiger partial charge in [-0.15, -0.1) is 0 Å². The molecule has 1 aliphatic carbocycles. The third-order valence-electron chi connectivity index (χ3n) is 7.59. The fourth-order valence-electron chi connectivity index (χ4n) is 4.68. The summed E-state index contributed by atoms with van der Waals surface area (Å²) in [5.41, 5.74) is 2.16. The Labute approximate surface area is 292 Å². The number of rotatable bonds is 24. The van der Waals surface area contributed by atoms with E-state index in [2.05, 4.69) is 27.5 Å². The first-order chi connectivity index (χ1) is 23.5. The predicted molar refractivity (Wildman–Crippen MR) is 187 cm³/mol. The molecule has 1 aliphatic rings. The topological polar surface area (TPSA) is 247 Å². The summed E-state index contributed by atoms with van der Waals surface area (Å²) in [5.74, 6) is -4.43. The highest BCUT2D eigenvalue weighted by molar-refractivity contribution is 7.54. The van der Waals surface area contributed by atoms with Crippen LogP contribution >= 0.6 is 7.60 Å². The Bertz CT molecular complexity index is 1420. The zero-order valence-corrected chi connectivity index (χ0v) is 29.4. The maximum absolute atomic E-state index is 13.6. The van der Waals surface area contributed by atoms with Crippen LogP contribution in [0.2, 0.25) is 0 Å². The van der Waals surface area contributed by atoms with E-state index in [0.29, 0.717) is 13.0 Å². The Morgan fingerprint density at radius 1 is 1.12 bits per heavy atom. The van der Waals surface area contributed by atoms with E-state index in [4.69, 9.17) is 9.76 Å². The van der Waals surface area contributed by atoms with Crippen molar-refractivity contribution in [1.29, 1.82) is 0 Å². The summed E-state index contributed by atoms with van der Waals surface area (Å²) in [6.07, 6.45) is 4.52. The average Bonchev–Trinajstić information content (AvgIpc) is 3.86. The molecule has 1 unspecified atom stereocenters. The van der Waals surface area contributed by atoms with Gasteiger partial charge in [-0.2, -0.15) is 0 Å². The monoisotopic (exact) mass is 721 g/mol. The minimum absolute atomic E-state index is 0.0771. The van der Waals surface area contributed by atoms with Crippen molar-refractivity contribution in [2.24, 2.45) is 10.9 Å². The van der Waals surface area contributed by atoms with E-state index in [1.54, 1.807) is 11.1 Å². The van der Waals surface area contributed by atoms with Crippen molar-refractivity contribution in [3.8, 4) is 0 Å². The quantitative estimate of drug-likeness (QED) is 0.0224. The molecule has 1 fully saturated rings. The molecule has 0 radical (unpaired) electrons. The lowest BCUT2D eigenvalue weighted by atomic mass is 9.81. The number of hydrogen-bond acceptors (Lipinski definition) is 10. The van der Waals surface area contributed by atoms with E-state index in [0.717, 1.165) is 18.4 Å². The van der Waals surface area contributed by atoms with E-state index in [1.807, 2.05) is 44.2 Å². The maximum Gasteiger partial charge on any atom is 0.369 e. The SMILES string of the molecule is C=C(/C=N\C=C1CC1)C(=O)N[C@H](Cc1ccccc1)C(=O)N[C@@H](BOCCN(CCO)CCNC(=O)CC(O)(C(=O)O)P(=O)(O)O)CC(C)C. The van der Waals surface area contributed by atoms with Crippen molar-refractivity contribution in [1.82, 2.24) is 20.9 Å². The molecule has 2 rings (SSSR count). The molecule has 3 atom stereocenters. The molecule has 50 heavy (non-hydrogen) atoms. The Morgan fingerprint density at radius 3 is 2.38 bits per heavy atom. The standard InChI is InChI=1S/C32H49BN5O11P/c1-22(2)17-27(33-49-16-14-38(13-15-39)12-11-35-28(40)19-32(45,31(43)44)50(46,47)48)37-30(42)26(18-24-7-5-4-6-8-24)36-29(41)23(3)20-34-21-25-9-10-25/h4-8,20-22,26-27,33,39,45H,3,9-19H2,1-2H3,(H,35,40)(H,36,41)(H,37,42)(H,43,44)(H2,46,47,48)/b34-20-/t26-,27-,32?/m1/s1. The van der Waals surface area contributed by atoms with Crippen LogP contribution in [-0.4, -0.2) is 124 Å². The molecule has 0 heterocycles. The van der Waals surface area contributed by atoms with Crippen molar-refractivity contribution in [3.05, 3.63) is 59.8 Å². The van der Waals surface area contributed by atoms with Gasteiger partial charge in [0.1, 0.15) is 6.04 Å². The van der Waals surface area contributed by atoms with Crippen molar-refractivity contribution in [2.45, 2.75) is 63.3 Å². The lowest BCUT2D eigenvalue weighted by Crippen LogP contribution is -2.53. The number of carboxylic acid groups (broad SMARTS) is 1. The van der Waals surface area contributed by atoms with Crippen LogP contribution in [0.4, 0.5) is 0 Å². The largest absolute Gasteiger partial charge is 0.479 e. The fourth-order valence-corrected chi connectivity index (χ4v) is 5.28. The second-order valence-corrected chi connectivity index (χ2v) is 14.3. The second kappa shape index (κ2) is 20.9. The molecule has 1 saturated carbocycles. The van der Waals surface area contributed by atoms with Gasteiger partial charge in [0.25, 0.3) is 18.7 Å². The number of aliphatic carboxylic acids is 1. The summed E-state index contributed by atoms with van der Waals surface area (Å²) in [6.45, 7) is 8.31. The van der Waals surface area contributed by atoms with Gasteiger partial charge in [0.05, 0.1) is 18.6 Å². The number of carboxylic acids is 1. The van der Waals surface area contributed by atoms with Crippen LogP contribution in [-0.2, 0) is 34.8 Å². The normalized spacial score (nSPS) is 15.2. The van der Waals surface area contributed by atoms with Gasteiger partial charge in [-0.05, 0) is 30.7 Å². The van der Waals surface area contributed by atoms with E-state index in [-0.39, 0.29) is 58.2 Å². The number of nitrogens with one attached hydrogen (secondary N) is 3. The Kier molecular flexibility index (Phi) is 17.7. The first kappa shape index (κ1) is 42.5. The molecular formula is C32H49BN5O11P. The first-order valence-electron chi connectivity index (χ1n) is 16.3. The third kappa shape index (κ3) is 15.5. The summed E-state index contributed by atoms with van der Waals surface area (Å²) in [6, 6.07) is 8.36. The first-order valence-corrected chi connectivity index (χ1v) is 17.9. The molecule has 3 amide bonds. The van der Waals surface area contributed by atoms with Gasteiger partial charge in [-0.25, -0.2) is 4.79 Å². The van der Waals surface area contributed by atoms with Crippen molar-refractivity contribution >= 4 is 45.0 Å². The highest BCUT2D eigenvalue weighted by atomic mass is 31.2. The second-order valence-electron chi connectivity index (χ2n) is 12.5. The smallest absolute Gasteiger partial charge is 0.369 e. The lowest BCUT2D eigenvalue weighted by molar-refractivity contribution is -0.154. The minimum Gasteiger partial charge on any atom is -0.479 e.